The molecule has 0 aliphatic carbocycles. The van der Waals surface area contributed by atoms with E-state index in [9.17, 15) is 4.79 Å². The van der Waals surface area contributed by atoms with Crippen LogP contribution in [0.15, 0.2) is 12.4 Å². The van der Waals surface area contributed by atoms with Crippen molar-refractivity contribution in [3.63, 3.8) is 0 Å². The van der Waals surface area contributed by atoms with Crippen LogP contribution in [-0.2, 0) is 6.54 Å². The van der Waals surface area contributed by atoms with Gasteiger partial charge in [0.15, 0.2) is 0 Å². The maximum absolute atomic E-state index is 11.8. The smallest absolute Gasteiger partial charge is 0.254 e. The van der Waals surface area contributed by atoms with Crippen molar-refractivity contribution >= 4 is 5.91 Å². The molecule has 2 heterocycles. The standard InChI is InChI=1S/C11H18N4O/c1-2-15-8-9(6-13-15)11(16)14-10-4-3-5-12-7-10/h6,8,10,12H,2-5,7H2,1H3,(H,14,16)/t10-/m0/s1. The third-order valence-corrected chi connectivity index (χ3v) is 2.85. The molecule has 1 aromatic rings. The van der Waals surface area contributed by atoms with Crippen molar-refractivity contribution in [3.8, 4) is 0 Å². The van der Waals surface area contributed by atoms with Crippen LogP contribution in [0.4, 0.5) is 0 Å². The number of carbonyl (C=O) groups excluding carboxylic acids is 1. The second-order valence-corrected chi connectivity index (χ2v) is 4.10. The second kappa shape index (κ2) is 5.12. The molecule has 0 radical (unpaired) electrons. The van der Waals surface area contributed by atoms with E-state index in [0.29, 0.717) is 5.56 Å². The Hall–Kier alpha value is -1.36. The minimum atomic E-state index is -0.0200. The largest absolute Gasteiger partial charge is 0.348 e. The van der Waals surface area contributed by atoms with Gasteiger partial charge >= 0.3 is 0 Å². The lowest BCUT2D eigenvalue weighted by molar-refractivity contribution is 0.0930. The van der Waals surface area contributed by atoms with E-state index in [1.807, 2.05) is 6.92 Å². The van der Waals surface area contributed by atoms with Crippen molar-refractivity contribution in [2.45, 2.75) is 32.4 Å². The maximum atomic E-state index is 11.8. The summed E-state index contributed by atoms with van der Waals surface area (Å²) in [5.74, 6) is -0.0200. The quantitative estimate of drug-likeness (QED) is 0.777. The zero-order chi connectivity index (χ0) is 11.4. The lowest BCUT2D eigenvalue weighted by atomic mass is 10.1. The molecule has 2 N–H and O–H groups in total. The highest BCUT2D eigenvalue weighted by molar-refractivity contribution is 5.93. The molecule has 1 aliphatic heterocycles. The van der Waals surface area contributed by atoms with Crippen molar-refractivity contribution in [1.29, 1.82) is 0 Å². The van der Waals surface area contributed by atoms with E-state index >= 15 is 0 Å². The lowest BCUT2D eigenvalue weighted by Crippen LogP contribution is -2.45. The molecular weight excluding hydrogens is 204 g/mol. The molecule has 0 bridgehead atoms. The van der Waals surface area contributed by atoms with Crippen LogP contribution in [0.3, 0.4) is 0 Å². The number of carbonyl (C=O) groups is 1. The van der Waals surface area contributed by atoms with E-state index in [1.165, 1.54) is 0 Å². The fraction of sp³-hybridized carbons (Fsp3) is 0.636. The van der Waals surface area contributed by atoms with E-state index in [0.717, 1.165) is 32.5 Å². The molecule has 0 aromatic carbocycles. The highest BCUT2D eigenvalue weighted by Crippen LogP contribution is 2.04. The third kappa shape index (κ3) is 2.61. The van der Waals surface area contributed by atoms with Crippen LogP contribution >= 0.6 is 0 Å². The van der Waals surface area contributed by atoms with Gasteiger partial charge in [-0.15, -0.1) is 0 Å². The third-order valence-electron chi connectivity index (χ3n) is 2.85. The monoisotopic (exact) mass is 222 g/mol. The van der Waals surface area contributed by atoms with Gasteiger partial charge in [0.25, 0.3) is 5.91 Å². The van der Waals surface area contributed by atoms with Gasteiger partial charge in [-0.1, -0.05) is 0 Å². The number of rotatable bonds is 3. The van der Waals surface area contributed by atoms with Crippen LogP contribution < -0.4 is 10.6 Å². The summed E-state index contributed by atoms with van der Waals surface area (Å²) >= 11 is 0. The molecule has 1 aromatic heterocycles. The minimum Gasteiger partial charge on any atom is -0.348 e. The van der Waals surface area contributed by atoms with Gasteiger partial charge in [-0.25, -0.2) is 0 Å². The summed E-state index contributed by atoms with van der Waals surface area (Å²) < 4.78 is 1.76. The van der Waals surface area contributed by atoms with Crippen LogP contribution in [-0.4, -0.2) is 34.8 Å². The fourth-order valence-corrected chi connectivity index (χ4v) is 1.90. The molecule has 0 spiro atoms. The van der Waals surface area contributed by atoms with Crippen LogP contribution in [0.25, 0.3) is 0 Å². The molecule has 1 amide bonds. The summed E-state index contributed by atoms with van der Waals surface area (Å²) in [4.78, 5) is 11.8. The van der Waals surface area contributed by atoms with Crippen molar-refractivity contribution in [3.05, 3.63) is 18.0 Å². The van der Waals surface area contributed by atoms with Gasteiger partial charge < -0.3 is 10.6 Å². The van der Waals surface area contributed by atoms with Crippen molar-refractivity contribution in [1.82, 2.24) is 20.4 Å². The molecule has 1 aliphatic rings. The Morgan fingerprint density at radius 2 is 2.62 bits per heavy atom. The number of nitrogens with one attached hydrogen (secondary N) is 2. The van der Waals surface area contributed by atoms with E-state index in [2.05, 4.69) is 15.7 Å². The van der Waals surface area contributed by atoms with Gasteiger partial charge in [0.1, 0.15) is 0 Å². The average molecular weight is 222 g/mol. The van der Waals surface area contributed by atoms with Gasteiger partial charge in [-0.2, -0.15) is 5.10 Å². The van der Waals surface area contributed by atoms with Crippen molar-refractivity contribution in [2.24, 2.45) is 0 Å². The Labute approximate surface area is 95.2 Å². The number of aromatic nitrogens is 2. The maximum Gasteiger partial charge on any atom is 0.254 e. The predicted molar refractivity (Wildman–Crippen MR) is 61.3 cm³/mol. The summed E-state index contributed by atoms with van der Waals surface area (Å²) in [6, 6.07) is 0.256. The molecular formula is C11H18N4O. The summed E-state index contributed by atoms with van der Waals surface area (Å²) in [5.41, 5.74) is 0.646. The van der Waals surface area contributed by atoms with E-state index in [4.69, 9.17) is 0 Å². The van der Waals surface area contributed by atoms with Crippen LogP contribution in [0, 0.1) is 0 Å². The Kier molecular flexibility index (Phi) is 3.56. The van der Waals surface area contributed by atoms with Crippen LogP contribution in [0.2, 0.25) is 0 Å². The van der Waals surface area contributed by atoms with Crippen molar-refractivity contribution < 1.29 is 4.79 Å². The normalized spacial score (nSPS) is 20.7. The molecule has 0 saturated carbocycles. The number of piperidine rings is 1. The SMILES string of the molecule is CCn1cc(C(=O)N[C@H]2CCCNC2)cn1. The highest BCUT2D eigenvalue weighted by Gasteiger charge is 2.16. The Balaban J connectivity index is 1.91. The van der Waals surface area contributed by atoms with Crippen LogP contribution in [0.1, 0.15) is 30.1 Å². The molecule has 1 saturated heterocycles. The molecule has 2 rings (SSSR count). The second-order valence-electron chi connectivity index (χ2n) is 4.10. The molecule has 88 valence electrons. The Bertz CT molecular complexity index is 355. The van der Waals surface area contributed by atoms with Gasteiger partial charge in [0.05, 0.1) is 11.8 Å². The molecule has 5 nitrogen and oxygen atoms in total. The van der Waals surface area contributed by atoms with E-state index < -0.39 is 0 Å². The topological polar surface area (TPSA) is 59.0 Å². The zero-order valence-electron chi connectivity index (χ0n) is 9.57. The molecule has 0 unspecified atom stereocenters. The molecule has 16 heavy (non-hydrogen) atoms. The first-order valence-corrected chi connectivity index (χ1v) is 5.83. The molecule has 1 atom stereocenters. The molecule has 5 heteroatoms. The molecule has 1 fully saturated rings. The summed E-state index contributed by atoms with van der Waals surface area (Å²) in [5, 5.41) is 10.4. The Morgan fingerprint density at radius 1 is 1.75 bits per heavy atom. The first-order valence-electron chi connectivity index (χ1n) is 5.83. The number of nitrogens with zero attached hydrogens (tertiary/aromatic N) is 2. The highest BCUT2D eigenvalue weighted by atomic mass is 16.1. The zero-order valence-corrected chi connectivity index (χ0v) is 9.57. The summed E-state index contributed by atoms with van der Waals surface area (Å²) in [7, 11) is 0. The minimum absolute atomic E-state index is 0.0200. The number of hydrogen-bond donors (Lipinski definition) is 2. The van der Waals surface area contributed by atoms with E-state index in [-0.39, 0.29) is 11.9 Å². The van der Waals surface area contributed by atoms with Gasteiger partial charge in [-0.3, -0.25) is 9.48 Å². The summed E-state index contributed by atoms with van der Waals surface area (Å²) in [6.45, 7) is 4.71. The average Bonchev–Trinajstić information content (AvgIpc) is 2.79. The van der Waals surface area contributed by atoms with Crippen molar-refractivity contribution in [2.75, 3.05) is 13.1 Å². The number of aryl methyl sites for hydroxylation is 1. The van der Waals surface area contributed by atoms with Gasteiger partial charge in [0, 0.05) is 25.3 Å². The first kappa shape index (κ1) is 11.1. The fourth-order valence-electron chi connectivity index (χ4n) is 1.90. The lowest BCUT2D eigenvalue weighted by Gasteiger charge is -2.23. The van der Waals surface area contributed by atoms with E-state index in [1.54, 1.807) is 17.1 Å². The van der Waals surface area contributed by atoms with Crippen LogP contribution in [0.5, 0.6) is 0 Å². The number of hydrogen-bond acceptors (Lipinski definition) is 3. The predicted octanol–water partition coefficient (Wildman–Crippen LogP) is 0.385. The summed E-state index contributed by atoms with van der Waals surface area (Å²) in [6.07, 6.45) is 5.58. The van der Waals surface area contributed by atoms with Gasteiger partial charge in [-0.05, 0) is 26.3 Å². The number of amides is 1. The van der Waals surface area contributed by atoms with Gasteiger partial charge in [0.2, 0.25) is 0 Å². The first-order chi connectivity index (χ1) is 7.79. The Morgan fingerprint density at radius 3 is 3.25 bits per heavy atom.